The van der Waals surface area contributed by atoms with Crippen molar-refractivity contribution in [3.8, 4) is 23.0 Å². The zero-order chi connectivity index (χ0) is 32.6. The maximum Gasteiger partial charge on any atom is 0.343 e. The van der Waals surface area contributed by atoms with Gasteiger partial charge in [-0.2, -0.15) is 0 Å². The van der Waals surface area contributed by atoms with Gasteiger partial charge in [-0.25, -0.2) is 28.0 Å². The van der Waals surface area contributed by atoms with Gasteiger partial charge in [0.05, 0.1) is 43.1 Å². The number of alkyl halides is 2. The highest BCUT2D eigenvalue weighted by atomic mass is 19.3. The number of benzene rings is 3. The Balaban J connectivity index is 1.53. The average molecular weight is 625 g/mol. The number of rotatable bonds is 17. The van der Waals surface area contributed by atoms with E-state index in [1.165, 1.54) is 54.6 Å². The van der Waals surface area contributed by atoms with Gasteiger partial charge in [-0.1, -0.05) is 13.2 Å². The van der Waals surface area contributed by atoms with E-state index in [0.29, 0.717) is 24.3 Å². The third-order valence-electron chi connectivity index (χ3n) is 5.75. The van der Waals surface area contributed by atoms with Gasteiger partial charge in [-0.05, 0) is 66.7 Å². The van der Waals surface area contributed by atoms with Crippen LogP contribution in [0.3, 0.4) is 0 Å². The van der Waals surface area contributed by atoms with E-state index in [4.69, 9.17) is 28.4 Å². The maximum atomic E-state index is 13.8. The molecule has 0 aliphatic carbocycles. The monoisotopic (exact) mass is 624 g/mol. The van der Waals surface area contributed by atoms with Crippen LogP contribution in [0, 0.1) is 0 Å². The molecule has 3 aromatic carbocycles. The van der Waals surface area contributed by atoms with Crippen LogP contribution in [0.1, 0.15) is 45.5 Å². The molecule has 0 aliphatic rings. The van der Waals surface area contributed by atoms with Gasteiger partial charge in [-0.3, -0.25) is 0 Å². The van der Waals surface area contributed by atoms with Crippen LogP contribution in [0.4, 0.5) is 8.78 Å². The number of ether oxygens (including phenoxy) is 6. The summed E-state index contributed by atoms with van der Waals surface area (Å²) in [5.74, 6) is -2.42. The van der Waals surface area contributed by atoms with Crippen LogP contribution in [-0.4, -0.2) is 50.3 Å². The van der Waals surface area contributed by atoms with Crippen molar-refractivity contribution in [1.82, 2.24) is 0 Å². The Hall–Kier alpha value is -5.52. The van der Waals surface area contributed by atoms with E-state index >= 15 is 0 Å². The normalized spacial score (nSPS) is 10.4. The van der Waals surface area contributed by atoms with Crippen molar-refractivity contribution in [2.75, 3.05) is 26.4 Å². The molecule has 236 valence electrons. The van der Waals surface area contributed by atoms with Gasteiger partial charge in [0, 0.05) is 25.0 Å². The largest absolute Gasteiger partial charge is 0.493 e. The van der Waals surface area contributed by atoms with E-state index < -0.39 is 41.6 Å². The first-order valence-electron chi connectivity index (χ1n) is 13.6. The van der Waals surface area contributed by atoms with Gasteiger partial charge < -0.3 is 28.4 Å². The summed E-state index contributed by atoms with van der Waals surface area (Å²) < 4.78 is 58.8. The van der Waals surface area contributed by atoms with Gasteiger partial charge in [-0.15, -0.1) is 0 Å². The zero-order valence-electron chi connectivity index (χ0n) is 24.1. The van der Waals surface area contributed by atoms with Crippen LogP contribution in [0.2, 0.25) is 0 Å². The summed E-state index contributed by atoms with van der Waals surface area (Å²) in [6, 6.07) is 15.0. The second-order valence-corrected chi connectivity index (χ2v) is 8.98. The smallest absolute Gasteiger partial charge is 0.343 e. The third kappa shape index (κ3) is 11.2. The molecule has 45 heavy (non-hydrogen) atoms. The van der Waals surface area contributed by atoms with Crippen LogP contribution >= 0.6 is 0 Å². The molecular weight excluding hydrogens is 594 g/mol. The van der Waals surface area contributed by atoms with Gasteiger partial charge >= 0.3 is 23.9 Å². The second-order valence-electron chi connectivity index (χ2n) is 8.98. The molecule has 0 fully saturated rings. The predicted molar refractivity (Wildman–Crippen MR) is 157 cm³/mol. The number of hydrogen-bond acceptors (Lipinski definition) is 10. The molecule has 0 radical (unpaired) electrons. The highest BCUT2D eigenvalue weighted by molar-refractivity contribution is 5.92. The number of carbonyl (C=O) groups is 4. The Bertz CT molecular complexity index is 1480. The van der Waals surface area contributed by atoms with E-state index in [1.54, 1.807) is 0 Å². The van der Waals surface area contributed by atoms with Crippen LogP contribution < -0.4 is 18.9 Å². The van der Waals surface area contributed by atoms with Crippen LogP contribution in [-0.2, 0) is 19.1 Å². The van der Waals surface area contributed by atoms with Crippen LogP contribution in [0.25, 0.3) is 0 Å². The minimum atomic E-state index is -3.04. The molecule has 0 spiro atoms. The van der Waals surface area contributed by atoms with Gasteiger partial charge in [0.2, 0.25) is 0 Å². The molecule has 0 atom stereocenters. The maximum absolute atomic E-state index is 13.8. The number of carbonyl (C=O) groups excluding carboxylic acids is 4. The highest BCUT2D eigenvalue weighted by Gasteiger charge is 2.20. The van der Waals surface area contributed by atoms with Crippen molar-refractivity contribution in [2.24, 2.45) is 0 Å². The molecule has 0 aliphatic heterocycles. The van der Waals surface area contributed by atoms with Crippen molar-refractivity contribution < 1.29 is 56.4 Å². The van der Waals surface area contributed by atoms with Crippen molar-refractivity contribution in [2.45, 2.75) is 19.3 Å². The Morgan fingerprint density at radius 1 is 0.622 bits per heavy atom. The molecule has 3 rings (SSSR count). The average Bonchev–Trinajstić information content (AvgIpc) is 3.05. The van der Waals surface area contributed by atoms with E-state index in [0.717, 1.165) is 24.3 Å². The van der Waals surface area contributed by atoms with Crippen LogP contribution in [0.5, 0.6) is 23.0 Å². The Kier molecular flexibility index (Phi) is 13.3. The molecule has 0 aromatic heterocycles. The number of esters is 4. The minimum Gasteiger partial charge on any atom is -0.493 e. The fraction of sp³-hybridized carbons (Fsp3) is 0.212. The molecule has 0 saturated heterocycles. The first-order valence-corrected chi connectivity index (χ1v) is 13.6. The van der Waals surface area contributed by atoms with E-state index in [1.807, 2.05) is 0 Å². The first kappa shape index (κ1) is 34.0. The molecule has 10 nitrogen and oxygen atoms in total. The van der Waals surface area contributed by atoms with E-state index in [2.05, 4.69) is 13.2 Å². The lowest BCUT2D eigenvalue weighted by atomic mass is 10.1. The summed E-state index contributed by atoms with van der Waals surface area (Å²) >= 11 is 0. The summed E-state index contributed by atoms with van der Waals surface area (Å²) in [6.07, 6.45) is -0.0320. The summed E-state index contributed by atoms with van der Waals surface area (Å²) in [5.41, 5.74) is -0.422. The lowest BCUT2D eigenvalue weighted by molar-refractivity contribution is -0.138. The zero-order valence-corrected chi connectivity index (χ0v) is 24.1. The summed E-state index contributed by atoms with van der Waals surface area (Å²) in [5, 5.41) is 0. The lowest BCUT2D eigenvalue weighted by Gasteiger charge is -2.12. The molecular formula is C33H30F2O10. The highest BCUT2D eigenvalue weighted by Crippen LogP contribution is 2.33. The summed E-state index contributed by atoms with van der Waals surface area (Å²) in [7, 11) is 0. The topological polar surface area (TPSA) is 124 Å². The van der Waals surface area contributed by atoms with Gasteiger partial charge in [0.1, 0.15) is 23.0 Å². The van der Waals surface area contributed by atoms with Crippen molar-refractivity contribution in [1.29, 1.82) is 0 Å². The number of halogens is 2. The molecule has 0 heterocycles. The Morgan fingerprint density at radius 2 is 1.07 bits per heavy atom. The summed E-state index contributed by atoms with van der Waals surface area (Å²) in [4.78, 5) is 47.2. The molecule has 0 unspecified atom stereocenters. The molecule has 3 aromatic rings. The molecule has 0 N–H and O–H groups in total. The van der Waals surface area contributed by atoms with Gasteiger partial charge in [0.25, 0.3) is 6.43 Å². The molecule has 0 bridgehead atoms. The molecule has 0 saturated carbocycles. The van der Waals surface area contributed by atoms with Crippen molar-refractivity contribution >= 4 is 23.9 Å². The molecule has 12 heteroatoms. The van der Waals surface area contributed by atoms with Crippen molar-refractivity contribution in [3.63, 3.8) is 0 Å². The van der Waals surface area contributed by atoms with Gasteiger partial charge in [0.15, 0.2) is 0 Å². The van der Waals surface area contributed by atoms with Crippen molar-refractivity contribution in [3.05, 3.63) is 109 Å². The fourth-order valence-electron chi connectivity index (χ4n) is 3.51. The lowest BCUT2D eigenvalue weighted by Crippen LogP contribution is -2.11. The quantitative estimate of drug-likeness (QED) is 0.0758. The predicted octanol–water partition coefficient (Wildman–Crippen LogP) is 6.06. The Labute approximate surface area is 257 Å². The molecule has 0 amide bonds. The summed E-state index contributed by atoms with van der Waals surface area (Å²) in [6.45, 7) is 7.43. The SMILES string of the molecule is C=CC(=O)OCCCOc1ccc(C(=O)Oc2ccc(OC(=O)c3ccc(OCCCOC(=O)C=C)cc3)c(C(F)F)c2)cc1. The number of hydrogen-bond donors (Lipinski definition) is 0. The van der Waals surface area contributed by atoms with Crippen LogP contribution in [0.15, 0.2) is 92.0 Å². The van der Waals surface area contributed by atoms with E-state index in [-0.39, 0.29) is 43.3 Å². The minimum absolute atomic E-state index is 0.0848. The van der Waals surface area contributed by atoms with E-state index in [9.17, 15) is 28.0 Å². The standard InChI is InChI=1S/C33H30F2O10/c1-3-29(36)42-19-5-17-40-24-11-7-22(8-12-24)32(38)44-26-15-16-28(27(21-26)31(34)35)45-33(39)23-9-13-25(14-10-23)41-18-6-20-43-30(37)4-2/h3-4,7-16,21,31H,1-2,5-6,17-20H2. The second kappa shape index (κ2) is 17.6. The Morgan fingerprint density at radius 3 is 1.51 bits per heavy atom. The third-order valence-corrected chi connectivity index (χ3v) is 5.75. The first-order chi connectivity index (χ1) is 21.7. The fourth-order valence-corrected chi connectivity index (χ4v) is 3.51.